The Morgan fingerprint density at radius 1 is 1.14 bits per heavy atom. The molecule has 35 heavy (non-hydrogen) atoms. The minimum absolute atomic E-state index is 0.00104. The number of esters is 1. The van der Waals surface area contributed by atoms with Gasteiger partial charge in [0.15, 0.2) is 0 Å². The maximum atomic E-state index is 13.2. The van der Waals surface area contributed by atoms with Crippen molar-refractivity contribution in [3.8, 4) is 5.75 Å². The first-order chi connectivity index (χ1) is 16.1. The average molecular weight is 616 g/mol. The Morgan fingerprint density at radius 2 is 1.83 bits per heavy atom. The van der Waals surface area contributed by atoms with Crippen LogP contribution in [0.1, 0.15) is 82.6 Å². The third kappa shape index (κ3) is 4.96. The van der Waals surface area contributed by atoms with Gasteiger partial charge in [-0.2, -0.15) is 0 Å². The molecule has 0 saturated heterocycles. The van der Waals surface area contributed by atoms with Gasteiger partial charge in [0.2, 0.25) is 0 Å². The minimum Gasteiger partial charge on any atom is -0.508 e. The lowest BCUT2D eigenvalue weighted by molar-refractivity contribution is -0.0737. The highest BCUT2D eigenvalue weighted by atomic mass is 79.9. The summed E-state index contributed by atoms with van der Waals surface area (Å²) in [7, 11) is 1.80. The van der Waals surface area contributed by atoms with E-state index in [0.29, 0.717) is 36.7 Å². The second kappa shape index (κ2) is 9.28. The highest BCUT2D eigenvalue weighted by Crippen LogP contribution is 2.72. The maximum Gasteiger partial charge on any atom is 0.338 e. The Morgan fingerprint density at radius 3 is 2.46 bits per heavy atom. The summed E-state index contributed by atoms with van der Waals surface area (Å²) in [5, 5.41) is 22.2. The molecule has 196 valence electrons. The summed E-state index contributed by atoms with van der Waals surface area (Å²) in [4.78, 5) is 13.1. The van der Waals surface area contributed by atoms with Crippen molar-refractivity contribution in [2.75, 3.05) is 7.11 Å². The lowest BCUT2D eigenvalue weighted by Gasteiger charge is -2.43. The molecule has 2 bridgehead atoms. The van der Waals surface area contributed by atoms with Crippen molar-refractivity contribution in [2.45, 2.75) is 99.6 Å². The summed E-state index contributed by atoms with van der Waals surface area (Å²) in [5.41, 5.74) is -0.0559. The number of aromatic hydroxyl groups is 1. The van der Waals surface area contributed by atoms with E-state index < -0.39 is 22.0 Å². The molecule has 0 unspecified atom stereocenters. The smallest absolute Gasteiger partial charge is 0.338 e. The Bertz CT molecular complexity index is 973. The van der Waals surface area contributed by atoms with Crippen LogP contribution >= 0.6 is 31.9 Å². The van der Waals surface area contributed by atoms with Crippen molar-refractivity contribution >= 4 is 37.8 Å². The van der Waals surface area contributed by atoms with Crippen LogP contribution in [-0.4, -0.2) is 49.7 Å². The highest BCUT2D eigenvalue weighted by Gasteiger charge is 2.71. The van der Waals surface area contributed by atoms with Gasteiger partial charge < -0.3 is 19.7 Å². The predicted octanol–water partition coefficient (Wildman–Crippen LogP) is 6.40. The molecule has 5 nitrogen and oxygen atoms in total. The molecular weight excluding hydrogens is 576 g/mol. The van der Waals surface area contributed by atoms with Crippen LogP contribution in [0.25, 0.3) is 0 Å². The second-order valence-electron chi connectivity index (χ2n) is 12.3. The van der Waals surface area contributed by atoms with Crippen LogP contribution in [-0.2, 0) is 15.9 Å². The van der Waals surface area contributed by atoms with Gasteiger partial charge in [-0.15, -0.1) is 0 Å². The first-order valence-corrected chi connectivity index (χ1v) is 14.5. The fraction of sp³-hybridized carbons (Fsp3) is 0.750. The van der Waals surface area contributed by atoms with Gasteiger partial charge in [-0.1, -0.05) is 38.8 Å². The lowest BCUT2D eigenvalue weighted by Crippen LogP contribution is -2.45. The molecule has 7 heteroatoms. The zero-order chi connectivity index (χ0) is 26.0. The van der Waals surface area contributed by atoms with Gasteiger partial charge in [0.05, 0.1) is 21.1 Å². The molecule has 4 rings (SSSR count). The van der Waals surface area contributed by atoms with Gasteiger partial charge in [-0.25, -0.2) is 4.79 Å². The molecule has 0 radical (unpaired) electrons. The molecule has 2 aliphatic carbocycles. The van der Waals surface area contributed by atoms with Crippen LogP contribution in [0.5, 0.6) is 5.75 Å². The summed E-state index contributed by atoms with van der Waals surface area (Å²) < 4.78 is 11.7. The Hall–Kier alpha value is -0.630. The topological polar surface area (TPSA) is 76.0 Å². The van der Waals surface area contributed by atoms with E-state index in [9.17, 15) is 15.0 Å². The number of carbonyl (C=O) groups excluding carboxylic acids is 1. The van der Waals surface area contributed by atoms with Gasteiger partial charge in [-0.05, 0) is 113 Å². The SMILES string of the molecule is CO[C@]1(C)[C@@H]2C[C@@H]2[C@@]2(C)CC[C@@H](Br)[C@@](C)(O)CC[C@@H](C(C)(C)Br)OC(=O)c3ccc(O)c(c3)C[C@@H]21. The molecule has 2 N–H and O–H groups in total. The number of phenolic OH excluding ortho intramolecular Hbond substituents is 1. The van der Waals surface area contributed by atoms with Gasteiger partial charge in [0, 0.05) is 11.9 Å². The van der Waals surface area contributed by atoms with Crippen LogP contribution < -0.4 is 0 Å². The Balaban J connectivity index is 1.76. The van der Waals surface area contributed by atoms with Crippen molar-refractivity contribution in [2.24, 2.45) is 23.2 Å². The average Bonchev–Trinajstić information content (AvgIpc) is 3.56. The van der Waals surface area contributed by atoms with Gasteiger partial charge in [0.25, 0.3) is 0 Å². The Labute approximate surface area is 226 Å². The van der Waals surface area contributed by atoms with E-state index in [0.717, 1.165) is 24.8 Å². The van der Waals surface area contributed by atoms with Crippen molar-refractivity contribution in [1.82, 2.24) is 0 Å². The fourth-order valence-corrected chi connectivity index (χ4v) is 7.76. The van der Waals surface area contributed by atoms with E-state index in [1.165, 1.54) is 0 Å². The fourth-order valence-electron chi connectivity index (χ4n) is 6.98. The third-order valence-electron chi connectivity index (χ3n) is 9.58. The zero-order valence-electron chi connectivity index (χ0n) is 21.7. The van der Waals surface area contributed by atoms with E-state index in [1.54, 1.807) is 25.3 Å². The number of fused-ring (bicyclic) bond motifs is 5. The first-order valence-electron chi connectivity index (χ1n) is 12.8. The molecule has 1 aromatic rings. The standard InChI is InChI=1S/C28H40Br2O5/c1-25(2,30)23-10-12-27(4,33)22(29)9-11-26(3)18-15-19(18)28(5,34-6)21(26)14-17-13-16(24(32)35-23)7-8-20(17)31/h7-8,13,18-19,21-23,31,33H,9-12,14-15H2,1-6H3/t18-,19+,21-,22+,23-,26+,27-,28+/m0/s1. The molecule has 2 fully saturated rings. The molecule has 3 aliphatic rings. The number of phenols is 1. The number of rotatable bonds is 2. The third-order valence-corrected chi connectivity index (χ3v) is 11.5. The quantitative estimate of drug-likeness (QED) is 0.297. The van der Waals surface area contributed by atoms with Crippen molar-refractivity contribution in [3.63, 3.8) is 0 Å². The number of carbonyl (C=O) groups is 1. The van der Waals surface area contributed by atoms with Gasteiger partial charge in [-0.3, -0.25) is 0 Å². The van der Waals surface area contributed by atoms with Gasteiger partial charge >= 0.3 is 5.97 Å². The molecule has 1 heterocycles. The van der Waals surface area contributed by atoms with Crippen LogP contribution in [0.3, 0.4) is 0 Å². The maximum absolute atomic E-state index is 13.2. The van der Waals surface area contributed by atoms with Crippen LogP contribution in [0.4, 0.5) is 0 Å². The lowest BCUT2D eigenvalue weighted by atomic mass is 9.65. The Kier molecular flexibility index (Phi) is 7.27. The summed E-state index contributed by atoms with van der Waals surface area (Å²) >= 11 is 7.50. The normalized spacial score (nSPS) is 42.3. The molecular formula is C28H40Br2O5. The zero-order valence-corrected chi connectivity index (χ0v) is 24.9. The predicted molar refractivity (Wildman–Crippen MR) is 144 cm³/mol. The number of ether oxygens (including phenoxy) is 2. The van der Waals surface area contributed by atoms with Crippen LogP contribution in [0.15, 0.2) is 18.2 Å². The summed E-state index contributed by atoms with van der Waals surface area (Å²) in [5.74, 6) is 1.01. The van der Waals surface area contributed by atoms with E-state index >= 15 is 0 Å². The highest BCUT2D eigenvalue weighted by molar-refractivity contribution is 9.10. The number of aliphatic hydroxyl groups is 1. The summed E-state index contributed by atoms with van der Waals surface area (Å²) in [6.07, 6.45) is 4.15. The number of halogens is 2. The number of hydrogen-bond acceptors (Lipinski definition) is 5. The molecule has 0 spiro atoms. The van der Waals surface area contributed by atoms with Crippen molar-refractivity contribution in [3.05, 3.63) is 29.3 Å². The molecule has 0 aromatic heterocycles. The van der Waals surface area contributed by atoms with Gasteiger partial charge in [0.1, 0.15) is 11.9 Å². The molecule has 2 saturated carbocycles. The number of cyclic esters (lactones) is 1. The van der Waals surface area contributed by atoms with E-state index in [-0.39, 0.29) is 27.5 Å². The van der Waals surface area contributed by atoms with Crippen molar-refractivity contribution in [1.29, 1.82) is 0 Å². The van der Waals surface area contributed by atoms with Crippen LogP contribution in [0.2, 0.25) is 0 Å². The van der Waals surface area contributed by atoms with Crippen molar-refractivity contribution < 1.29 is 24.5 Å². The largest absolute Gasteiger partial charge is 0.508 e. The molecule has 0 amide bonds. The summed E-state index contributed by atoms with van der Waals surface area (Å²) in [6.45, 7) is 10.4. The number of methoxy groups -OCH3 is 1. The molecule has 1 aromatic carbocycles. The number of alkyl halides is 2. The molecule has 8 atom stereocenters. The van der Waals surface area contributed by atoms with E-state index in [2.05, 4.69) is 45.7 Å². The second-order valence-corrected chi connectivity index (χ2v) is 15.5. The molecule has 1 aliphatic heterocycles. The number of hydrogen-bond donors (Lipinski definition) is 2. The number of benzene rings is 1. The van der Waals surface area contributed by atoms with Crippen LogP contribution in [0, 0.1) is 23.2 Å². The minimum atomic E-state index is -0.947. The monoisotopic (exact) mass is 614 g/mol. The van der Waals surface area contributed by atoms with E-state index in [4.69, 9.17) is 9.47 Å². The first kappa shape index (κ1) is 27.4. The van der Waals surface area contributed by atoms with E-state index in [1.807, 2.05) is 20.8 Å². The summed E-state index contributed by atoms with van der Waals surface area (Å²) in [6, 6.07) is 5.03.